The van der Waals surface area contributed by atoms with Crippen LogP contribution in [-0.4, -0.2) is 36.1 Å². The fraction of sp³-hybridized carbons (Fsp3) is 0.217. The maximum atomic E-state index is 13.2. The molecule has 2 atom stereocenters. The van der Waals surface area contributed by atoms with Gasteiger partial charge in [0.1, 0.15) is 12.1 Å². The van der Waals surface area contributed by atoms with Gasteiger partial charge in [0.2, 0.25) is 0 Å². The van der Waals surface area contributed by atoms with Crippen LogP contribution in [0.1, 0.15) is 12.5 Å². The second-order valence-corrected chi connectivity index (χ2v) is 7.53. The molecule has 6 nitrogen and oxygen atoms in total. The van der Waals surface area contributed by atoms with Crippen LogP contribution in [-0.2, 0) is 10.3 Å². The third-order valence-corrected chi connectivity index (χ3v) is 5.56. The van der Waals surface area contributed by atoms with Crippen LogP contribution in [0.5, 0.6) is 11.5 Å². The molecule has 3 aromatic rings. The summed E-state index contributed by atoms with van der Waals surface area (Å²) in [6.07, 6.45) is -0.418. The first-order valence-corrected chi connectivity index (χ1v) is 9.56. The van der Waals surface area contributed by atoms with Crippen molar-refractivity contribution in [2.45, 2.75) is 18.6 Å². The molecule has 2 heterocycles. The fourth-order valence-electron chi connectivity index (χ4n) is 3.92. The van der Waals surface area contributed by atoms with Crippen LogP contribution in [0.4, 0.5) is 4.79 Å². The number of carbonyl (C=O) groups is 2. The quantitative estimate of drug-likeness (QED) is 0.698. The molecule has 3 amide bonds. The lowest BCUT2D eigenvalue weighted by atomic mass is 9.90. The second kappa shape index (κ2) is 6.51. The van der Waals surface area contributed by atoms with Gasteiger partial charge in [0.25, 0.3) is 5.91 Å². The molecule has 29 heavy (non-hydrogen) atoms. The van der Waals surface area contributed by atoms with E-state index in [4.69, 9.17) is 9.47 Å². The number of rotatable bonds is 3. The van der Waals surface area contributed by atoms with Gasteiger partial charge in [-0.25, -0.2) is 4.79 Å². The number of ether oxygens (including phenoxy) is 2. The van der Waals surface area contributed by atoms with Crippen LogP contribution < -0.4 is 14.8 Å². The van der Waals surface area contributed by atoms with Gasteiger partial charge in [0.15, 0.2) is 17.6 Å². The molecule has 6 heteroatoms. The van der Waals surface area contributed by atoms with Crippen molar-refractivity contribution in [1.29, 1.82) is 0 Å². The van der Waals surface area contributed by atoms with E-state index >= 15 is 0 Å². The summed E-state index contributed by atoms with van der Waals surface area (Å²) in [4.78, 5) is 27.1. The third-order valence-electron chi connectivity index (χ3n) is 5.56. The summed E-state index contributed by atoms with van der Waals surface area (Å²) in [6, 6.07) is 20.7. The average molecular weight is 388 g/mol. The molecule has 146 valence electrons. The van der Waals surface area contributed by atoms with E-state index in [0.29, 0.717) is 11.5 Å². The summed E-state index contributed by atoms with van der Waals surface area (Å²) in [6.45, 7) is 2.15. The summed E-state index contributed by atoms with van der Waals surface area (Å²) in [7, 11) is 0. The highest BCUT2D eigenvalue weighted by molar-refractivity contribution is 6.07. The summed E-state index contributed by atoms with van der Waals surface area (Å²) < 4.78 is 11.6. The Hall–Kier alpha value is -3.54. The number of fused-ring (bicyclic) bond motifs is 2. The van der Waals surface area contributed by atoms with Gasteiger partial charge in [0.05, 0.1) is 6.54 Å². The largest absolute Gasteiger partial charge is 0.486 e. The minimum absolute atomic E-state index is 0.127. The Morgan fingerprint density at radius 1 is 1.00 bits per heavy atom. The molecule has 0 unspecified atom stereocenters. The van der Waals surface area contributed by atoms with Crippen molar-refractivity contribution in [2.75, 3.05) is 13.2 Å². The fourth-order valence-corrected chi connectivity index (χ4v) is 3.92. The molecule has 0 aromatic heterocycles. The predicted octanol–water partition coefficient (Wildman–Crippen LogP) is 3.45. The molecule has 0 spiro atoms. The minimum Gasteiger partial charge on any atom is -0.486 e. The zero-order valence-electron chi connectivity index (χ0n) is 15.9. The Balaban J connectivity index is 1.39. The van der Waals surface area contributed by atoms with E-state index in [1.54, 1.807) is 6.92 Å². The second-order valence-electron chi connectivity index (χ2n) is 7.53. The number of nitrogens with one attached hydrogen (secondary N) is 1. The van der Waals surface area contributed by atoms with E-state index in [1.807, 2.05) is 66.7 Å². The SMILES string of the molecule is C[C@]1(c2ccc3ccccc3c2)NC(=O)N(C[C@H]2COc3ccccc3O2)C1=O. The summed E-state index contributed by atoms with van der Waals surface area (Å²) in [5, 5.41) is 4.96. The first kappa shape index (κ1) is 17.6. The number of carbonyl (C=O) groups excluding carboxylic acids is 2. The average Bonchev–Trinajstić information content (AvgIpc) is 2.97. The number of amides is 3. The van der Waals surface area contributed by atoms with Gasteiger partial charge in [0, 0.05) is 0 Å². The van der Waals surface area contributed by atoms with E-state index in [1.165, 1.54) is 4.90 Å². The van der Waals surface area contributed by atoms with Crippen molar-refractivity contribution in [3.05, 3.63) is 72.3 Å². The van der Waals surface area contributed by atoms with Gasteiger partial charge in [-0.2, -0.15) is 0 Å². The first-order chi connectivity index (χ1) is 14.0. The molecule has 0 radical (unpaired) electrons. The summed E-state index contributed by atoms with van der Waals surface area (Å²) in [5.74, 6) is 0.996. The topological polar surface area (TPSA) is 67.9 Å². The third kappa shape index (κ3) is 2.88. The minimum atomic E-state index is -1.12. The lowest BCUT2D eigenvalue weighted by Gasteiger charge is -2.29. The summed E-state index contributed by atoms with van der Waals surface area (Å²) in [5.41, 5.74) is -0.364. The molecule has 0 bridgehead atoms. The Labute approximate surface area is 168 Å². The molecule has 5 rings (SSSR count). The number of nitrogens with zero attached hydrogens (tertiary/aromatic N) is 1. The van der Waals surface area contributed by atoms with Gasteiger partial charge >= 0.3 is 6.03 Å². The van der Waals surface area contributed by atoms with E-state index < -0.39 is 17.7 Å². The number of urea groups is 1. The number of para-hydroxylation sites is 2. The summed E-state index contributed by atoms with van der Waals surface area (Å²) >= 11 is 0. The Kier molecular flexibility index (Phi) is 3.94. The normalized spacial score (nSPS) is 23.3. The zero-order valence-corrected chi connectivity index (χ0v) is 15.9. The van der Waals surface area contributed by atoms with Crippen LogP contribution in [0.25, 0.3) is 10.8 Å². The molecule has 3 aromatic carbocycles. The van der Waals surface area contributed by atoms with Crippen molar-refractivity contribution in [3.8, 4) is 11.5 Å². The van der Waals surface area contributed by atoms with Crippen LogP contribution in [0.15, 0.2) is 66.7 Å². The van der Waals surface area contributed by atoms with E-state index in [2.05, 4.69) is 5.32 Å². The van der Waals surface area contributed by atoms with Crippen molar-refractivity contribution in [2.24, 2.45) is 0 Å². The van der Waals surface area contributed by atoms with Crippen LogP contribution >= 0.6 is 0 Å². The van der Waals surface area contributed by atoms with E-state index in [-0.39, 0.29) is 19.1 Å². The maximum absolute atomic E-state index is 13.2. The Bertz CT molecular complexity index is 1130. The number of hydrogen-bond acceptors (Lipinski definition) is 4. The molecule has 2 aliphatic rings. The molecular weight excluding hydrogens is 368 g/mol. The highest BCUT2D eigenvalue weighted by Gasteiger charge is 2.49. The zero-order chi connectivity index (χ0) is 20.0. The molecule has 2 aliphatic heterocycles. The van der Waals surface area contributed by atoms with Gasteiger partial charge in [-0.05, 0) is 41.5 Å². The van der Waals surface area contributed by atoms with Crippen LogP contribution in [0, 0.1) is 0 Å². The molecule has 0 aliphatic carbocycles. The smallest absolute Gasteiger partial charge is 0.325 e. The predicted molar refractivity (Wildman–Crippen MR) is 108 cm³/mol. The molecule has 1 saturated heterocycles. The number of imide groups is 1. The standard InChI is InChI=1S/C23H20N2O4/c1-23(17-11-10-15-6-2-3-7-16(15)12-17)21(26)25(22(27)24-23)13-18-14-28-19-8-4-5-9-20(19)29-18/h2-12,18H,13-14H2,1H3,(H,24,27)/t18-,23+/m0/s1. The first-order valence-electron chi connectivity index (χ1n) is 9.56. The van der Waals surface area contributed by atoms with Gasteiger partial charge in [-0.15, -0.1) is 0 Å². The van der Waals surface area contributed by atoms with Crippen molar-refractivity contribution < 1.29 is 19.1 Å². The van der Waals surface area contributed by atoms with Crippen molar-refractivity contribution in [1.82, 2.24) is 10.2 Å². The maximum Gasteiger partial charge on any atom is 0.325 e. The Morgan fingerprint density at radius 3 is 2.55 bits per heavy atom. The lowest BCUT2D eigenvalue weighted by molar-refractivity contribution is -0.132. The van der Waals surface area contributed by atoms with Gasteiger partial charge in [-0.3, -0.25) is 9.69 Å². The monoisotopic (exact) mass is 388 g/mol. The van der Waals surface area contributed by atoms with Crippen LogP contribution in [0.2, 0.25) is 0 Å². The van der Waals surface area contributed by atoms with Gasteiger partial charge < -0.3 is 14.8 Å². The van der Waals surface area contributed by atoms with Crippen molar-refractivity contribution in [3.63, 3.8) is 0 Å². The molecule has 0 saturated carbocycles. The highest BCUT2D eigenvalue weighted by Crippen LogP contribution is 2.34. The molecule has 1 fully saturated rings. The van der Waals surface area contributed by atoms with Crippen LogP contribution in [0.3, 0.4) is 0 Å². The van der Waals surface area contributed by atoms with E-state index in [0.717, 1.165) is 16.3 Å². The molecular formula is C23H20N2O4. The van der Waals surface area contributed by atoms with E-state index in [9.17, 15) is 9.59 Å². The Morgan fingerprint density at radius 2 is 1.72 bits per heavy atom. The van der Waals surface area contributed by atoms with Gasteiger partial charge in [-0.1, -0.05) is 48.5 Å². The number of hydrogen-bond donors (Lipinski definition) is 1. The van der Waals surface area contributed by atoms with Crippen molar-refractivity contribution >= 4 is 22.7 Å². The highest BCUT2D eigenvalue weighted by atomic mass is 16.6. The number of benzene rings is 3. The lowest BCUT2D eigenvalue weighted by Crippen LogP contribution is -2.45. The molecule has 1 N–H and O–H groups in total.